The highest BCUT2D eigenvalue weighted by Gasteiger charge is 2.49. The minimum Gasteiger partial charge on any atom is -0.497 e. The van der Waals surface area contributed by atoms with Crippen molar-refractivity contribution in [3.05, 3.63) is 47.5 Å². The van der Waals surface area contributed by atoms with Crippen LogP contribution in [0.3, 0.4) is 0 Å². The van der Waals surface area contributed by atoms with Crippen LogP contribution in [0.1, 0.15) is 44.0 Å². The van der Waals surface area contributed by atoms with Crippen LogP contribution in [0.4, 0.5) is 0 Å². The third kappa shape index (κ3) is 3.82. The van der Waals surface area contributed by atoms with Gasteiger partial charge in [-0.15, -0.1) is 0 Å². The van der Waals surface area contributed by atoms with Crippen molar-refractivity contribution in [1.82, 2.24) is 5.32 Å². The average molecular weight is 416 g/mol. The highest BCUT2D eigenvalue weighted by Crippen LogP contribution is 2.50. The highest BCUT2D eigenvalue weighted by molar-refractivity contribution is 5.46. The van der Waals surface area contributed by atoms with Crippen LogP contribution in [0.5, 0.6) is 23.0 Å². The summed E-state index contributed by atoms with van der Waals surface area (Å²) in [5, 5.41) is 15.3. The molecule has 2 aromatic carbocycles. The molecular formula is C24H33NO5. The first-order chi connectivity index (χ1) is 14.3. The Hall–Kier alpha value is -2.44. The van der Waals surface area contributed by atoms with Crippen LogP contribution in [-0.4, -0.2) is 39.1 Å². The van der Waals surface area contributed by atoms with E-state index in [2.05, 4.69) is 19.2 Å². The van der Waals surface area contributed by atoms with E-state index in [0.29, 0.717) is 0 Å². The summed E-state index contributed by atoms with van der Waals surface area (Å²) in [6.45, 7) is 6.03. The predicted molar refractivity (Wildman–Crippen MR) is 117 cm³/mol. The smallest absolute Gasteiger partial charge is 0.123 e. The van der Waals surface area contributed by atoms with Crippen LogP contribution >= 0.6 is 0 Å². The van der Waals surface area contributed by atoms with Gasteiger partial charge in [0.15, 0.2) is 0 Å². The number of methoxy groups -OCH3 is 4. The van der Waals surface area contributed by atoms with Gasteiger partial charge in [-0.2, -0.15) is 0 Å². The Morgan fingerprint density at radius 1 is 0.733 bits per heavy atom. The maximum Gasteiger partial charge on any atom is 0.123 e. The van der Waals surface area contributed by atoms with E-state index in [4.69, 9.17) is 18.9 Å². The van der Waals surface area contributed by atoms with Crippen LogP contribution in [0.2, 0.25) is 0 Å². The van der Waals surface area contributed by atoms with Gasteiger partial charge in [-0.1, -0.05) is 13.8 Å². The van der Waals surface area contributed by atoms with E-state index in [0.717, 1.165) is 34.1 Å². The summed E-state index contributed by atoms with van der Waals surface area (Å²) in [4.78, 5) is 0. The van der Waals surface area contributed by atoms with E-state index in [9.17, 15) is 5.11 Å². The van der Waals surface area contributed by atoms with E-state index >= 15 is 0 Å². The predicted octanol–water partition coefficient (Wildman–Crippen LogP) is 4.13. The molecule has 0 aromatic heterocycles. The molecule has 5 atom stereocenters. The van der Waals surface area contributed by atoms with Gasteiger partial charge in [-0.3, -0.25) is 0 Å². The monoisotopic (exact) mass is 415 g/mol. The summed E-state index contributed by atoms with van der Waals surface area (Å²) in [6.07, 6.45) is 0. The minimum atomic E-state index is -0.942. The SMILES string of the molecule is COc1ccc(OC)c([C@H]2N[C@@H](c3cc(OC)ccc3OC)[C@@H](C)C(C)(O)[C@@H]2C)c1. The molecule has 0 bridgehead atoms. The van der Waals surface area contributed by atoms with Gasteiger partial charge in [0.05, 0.1) is 34.0 Å². The standard InChI is InChI=1S/C24H33NO5/c1-14-22(18-12-16(27-4)8-10-20(18)29-6)25-23(15(2)24(14,3)26)19-13-17(28-5)9-11-21(19)30-7/h8-15,22-23,25-26H,1-7H3/t14-,15-,22-,23+,24?/m1/s1. The number of hydrogen-bond donors (Lipinski definition) is 2. The first kappa shape index (κ1) is 22.2. The third-order valence-electron chi connectivity index (χ3n) is 6.75. The molecule has 2 N–H and O–H groups in total. The molecule has 3 rings (SSSR count). The molecule has 0 radical (unpaired) electrons. The summed E-state index contributed by atoms with van der Waals surface area (Å²) < 4.78 is 22.2. The van der Waals surface area contributed by atoms with E-state index in [1.165, 1.54) is 0 Å². The van der Waals surface area contributed by atoms with E-state index in [1.54, 1.807) is 28.4 Å². The van der Waals surface area contributed by atoms with Crippen molar-refractivity contribution >= 4 is 0 Å². The molecule has 1 fully saturated rings. The molecule has 30 heavy (non-hydrogen) atoms. The Morgan fingerprint density at radius 2 is 1.13 bits per heavy atom. The normalized spacial score (nSPS) is 28.7. The topological polar surface area (TPSA) is 69.2 Å². The molecule has 1 saturated heterocycles. The van der Waals surface area contributed by atoms with Gasteiger partial charge in [0.2, 0.25) is 0 Å². The van der Waals surface area contributed by atoms with Gasteiger partial charge in [0, 0.05) is 35.0 Å². The van der Waals surface area contributed by atoms with Crippen LogP contribution in [0, 0.1) is 11.8 Å². The second-order valence-corrected chi connectivity index (χ2v) is 8.14. The van der Waals surface area contributed by atoms with E-state index in [1.807, 2.05) is 43.3 Å². The number of rotatable bonds is 6. The highest BCUT2D eigenvalue weighted by atomic mass is 16.5. The fraction of sp³-hybridized carbons (Fsp3) is 0.500. The third-order valence-corrected chi connectivity index (χ3v) is 6.75. The molecular weight excluding hydrogens is 382 g/mol. The number of aliphatic hydroxyl groups is 1. The quantitative estimate of drug-likeness (QED) is 0.739. The lowest BCUT2D eigenvalue weighted by atomic mass is 9.67. The van der Waals surface area contributed by atoms with Crippen molar-refractivity contribution in [2.75, 3.05) is 28.4 Å². The lowest BCUT2D eigenvalue weighted by molar-refractivity contribution is -0.0964. The Morgan fingerprint density at radius 3 is 1.47 bits per heavy atom. The van der Waals surface area contributed by atoms with Crippen molar-refractivity contribution in [1.29, 1.82) is 0 Å². The first-order valence-electron chi connectivity index (χ1n) is 10.2. The van der Waals surface area contributed by atoms with Crippen molar-refractivity contribution in [2.24, 2.45) is 11.8 Å². The molecule has 0 aliphatic carbocycles. The van der Waals surface area contributed by atoms with E-state index < -0.39 is 5.60 Å². The second-order valence-electron chi connectivity index (χ2n) is 8.14. The van der Waals surface area contributed by atoms with Crippen molar-refractivity contribution in [2.45, 2.75) is 38.5 Å². The fourth-order valence-corrected chi connectivity index (χ4v) is 4.45. The number of ether oxygens (including phenoxy) is 4. The fourth-order valence-electron chi connectivity index (χ4n) is 4.45. The Labute approximate surface area is 179 Å². The van der Waals surface area contributed by atoms with Crippen LogP contribution in [0.15, 0.2) is 36.4 Å². The number of benzene rings is 2. The van der Waals surface area contributed by atoms with Crippen molar-refractivity contribution in [3.8, 4) is 23.0 Å². The van der Waals surface area contributed by atoms with Gasteiger partial charge >= 0.3 is 0 Å². The molecule has 0 amide bonds. The van der Waals surface area contributed by atoms with Gasteiger partial charge in [-0.05, 0) is 43.3 Å². The zero-order valence-electron chi connectivity index (χ0n) is 18.9. The Kier molecular flexibility index (Phi) is 6.48. The summed E-state index contributed by atoms with van der Waals surface area (Å²) in [5.74, 6) is 2.83. The Balaban J connectivity index is 2.13. The summed E-state index contributed by atoms with van der Waals surface area (Å²) in [5.41, 5.74) is 0.953. The van der Waals surface area contributed by atoms with Gasteiger partial charge in [0.25, 0.3) is 0 Å². The molecule has 2 aromatic rings. The summed E-state index contributed by atoms with van der Waals surface area (Å²) >= 11 is 0. The minimum absolute atomic E-state index is 0.0821. The Bertz CT molecular complexity index is 812. The molecule has 0 spiro atoms. The van der Waals surface area contributed by atoms with Crippen molar-refractivity contribution in [3.63, 3.8) is 0 Å². The number of piperidine rings is 1. The largest absolute Gasteiger partial charge is 0.497 e. The molecule has 0 saturated carbocycles. The maximum absolute atomic E-state index is 11.6. The molecule has 1 aliphatic rings. The van der Waals surface area contributed by atoms with Gasteiger partial charge in [0.1, 0.15) is 23.0 Å². The average Bonchev–Trinajstić information content (AvgIpc) is 2.77. The summed E-state index contributed by atoms with van der Waals surface area (Å²) in [6, 6.07) is 11.2. The maximum atomic E-state index is 11.6. The van der Waals surface area contributed by atoms with Crippen LogP contribution in [-0.2, 0) is 0 Å². The molecule has 1 heterocycles. The van der Waals surface area contributed by atoms with Crippen LogP contribution < -0.4 is 24.3 Å². The molecule has 6 heteroatoms. The zero-order chi connectivity index (χ0) is 22.1. The molecule has 6 nitrogen and oxygen atoms in total. The molecule has 1 aliphatic heterocycles. The molecule has 1 unspecified atom stereocenters. The number of nitrogens with one attached hydrogen (secondary N) is 1. The second kappa shape index (κ2) is 8.74. The zero-order valence-corrected chi connectivity index (χ0v) is 18.9. The van der Waals surface area contributed by atoms with E-state index in [-0.39, 0.29) is 23.9 Å². The lowest BCUT2D eigenvalue weighted by Crippen LogP contribution is -2.56. The summed E-state index contributed by atoms with van der Waals surface area (Å²) in [7, 11) is 6.60. The number of hydrogen-bond acceptors (Lipinski definition) is 6. The first-order valence-corrected chi connectivity index (χ1v) is 10.2. The van der Waals surface area contributed by atoms with Crippen LogP contribution in [0.25, 0.3) is 0 Å². The van der Waals surface area contributed by atoms with Gasteiger partial charge in [-0.25, -0.2) is 0 Å². The lowest BCUT2D eigenvalue weighted by Gasteiger charge is -2.50. The molecule has 164 valence electrons. The van der Waals surface area contributed by atoms with Gasteiger partial charge < -0.3 is 29.4 Å². The van der Waals surface area contributed by atoms with Crippen molar-refractivity contribution < 1.29 is 24.1 Å².